The average Bonchev–Trinajstić information content (AvgIpc) is 3.23. The molecule has 1 heterocycles. The number of unbranched alkanes of at least 4 members (excludes halogenated alkanes) is 2. The third kappa shape index (κ3) is 6.97. The van der Waals surface area contributed by atoms with Crippen molar-refractivity contribution in [2.45, 2.75) is 58.9 Å². The fourth-order valence-corrected chi connectivity index (χ4v) is 4.55. The summed E-state index contributed by atoms with van der Waals surface area (Å²) in [5, 5.41) is 2.91. The van der Waals surface area contributed by atoms with Crippen LogP contribution in [-0.4, -0.2) is 28.6 Å². The zero-order valence-corrected chi connectivity index (χ0v) is 22.0. The smallest absolute Gasteiger partial charge is 0.251 e. The second-order valence-corrected chi connectivity index (χ2v) is 9.79. The Morgan fingerprint density at radius 3 is 2.59 bits per heavy atom. The van der Waals surface area contributed by atoms with E-state index in [4.69, 9.17) is 9.72 Å². The maximum atomic E-state index is 13.0. The van der Waals surface area contributed by atoms with Gasteiger partial charge >= 0.3 is 0 Å². The van der Waals surface area contributed by atoms with E-state index in [1.165, 1.54) is 35.4 Å². The summed E-state index contributed by atoms with van der Waals surface area (Å²) in [6.07, 6.45) is 3.69. The lowest BCUT2D eigenvalue weighted by Crippen LogP contribution is -2.24. The second kappa shape index (κ2) is 12.5. The maximum Gasteiger partial charge on any atom is 0.251 e. The van der Waals surface area contributed by atoms with Crippen LogP contribution in [0.25, 0.3) is 11.0 Å². The van der Waals surface area contributed by atoms with E-state index in [2.05, 4.69) is 61.0 Å². The molecule has 0 fully saturated rings. The van der Waals surface area contributed by atoms with Crippen LogP contribution in [0.5, 0.6) is 5.75 Å². The third-order valence-electron chi connectivity index (χ3n) is 6.57. The molecule has 37 heavy (non-hydrogen) atoms. The molecule has 0 radical (unpaired) electrons. The highest BCUT2D eigenvalue weighted by atomic mass is 19.1. The first kappa shape index (κ1) is 26.4. The van der Waals surface area contributed by atoms with Gasteiger partial charge < -0.3 is 14.6 Å². The number of benzene rings is 3. The molecule has 1 amide bonds. The SMILES string of the molecule is Cc1ccc(C(C)C)c(OCCn2c(CCCCCNC(=O)c3ccc(F)cc3)nc3ccccc32)c1. The zero-order chi connectivity index (χ0) is 26.2. The number of carbonyl (C=O) groups is 1. The van der Waals surface area contributed by atoms with Crippen molar-refractivity contribution in [3.63, 3.8) is 0 Å². The van der Waals surface area contributed by atoms with Gasteiger partial charge in [0, 0.05) is 18.5 Å². The van der Waals surface area contributed by atoms with Crippen LogP contribution in [-0.2, 0) is 13.0 Å². The Morgan fingerprint density at radius 2 is 1.81 bits per heavy atom. The van der Waals surface area contributed by atoms with E-state index in [-0.39, 0.29) is 11.7 Å². The number of halogens is 1. The largest absolute Gasteiger partial charge is 0.491 e. The molecule has 4 rings (SSSR count). The van der Waals surface area contributed by atoms with Crippen LogP contribution >= 0.6 is 0 Å². The quantitative estimate of drug-likeness (QED) is 0.217. The number of amides is 1. The predicted octanol–water partition coefficient (Wildman–Crippen LogP) is 6.83. The van der Waals surface area contributed by atoms with Crippen molar-refractivity contribution in [2.24, 2.45) is 0 Å². The molecule has 0 aliphatic rings. The molecule has 0 aliphatic heterocycles. The topological polar surface area (TPSA) is 56.1 Å². The number of hydrogen-bond donors (Lipinski definition) is 1. The van der Waals surface area contributed by atoms with Crippen LogP contribution in [0.4, 0.5) is 4.39 Å². The third-order valence-corrected chi connectivity index (χ3v) is 6.57. The number of rotatable bonds is 12. The molecule has 0 bridgehead atoms. The lowest BCUT2D eigenvalue weighted by molar-refractivity contribution is 0.0953. The normalized spacial score (nSPS) is 11.3. The Bertz CT molecular complexity index is 1330. The first-order chi connectivity index (χ1) is 17.9. The monoisotopic (exact) mass is 501 g/mol. The first-order valence-electron chi connectivity index (χ1n) is 13.1. The highest BCUT2D eigenvalue weighted by Gasteiger charge is 2.12. The molecule has 6 heteroatoms. The summed E-state index contributed by atoms with van der Waals surface area (Å²) in [6, 6.07) is 20.3. The van der Waals surface area contributed by atoms with Crippen molar-refractivity contribution >= 4 is 16.9 Å². The number of imidazole rings is 1. The fraction of sp³-hybridized carbons (Fsp3) is 0.355. The number of aryl methyl sites for hydroxylation is 2. The van der Waals surface area contributed by atoms with Gasteiger partial charge in [-0.1, -0.05) is 44.5 Å². The fourth-order valence-electron chi connectivity index (χ4n) is 4.55. The van der Waals surface area contributed by atoms with Crippen LogP contribution in [0.3, 0.4) is 0 Å². The van der Waals surface area contributed by atoms with Gasteiger partial charge in [-0.2, -0.15) is 0 Å². The van der Waals surface area contributed by atoms with E-state index in [9.17, 15) is 9.18 Å². The number of nitrogens with one attached hydrogen (secondary N) is 1. The molecule has 1 N–H and O–H groups in total. The van der Waals surface area contributed by atoms with E-state index in [0.29, 0.717) is 24.6 Å². The lowest BCUT2D eigenvalue weighted by atomic mass is 10.0. The maximum absolute atomic E-state index is 13.0. The number of fused-ring (bicyclic) bond motifs is 1. The van der Waals surface area contributed by atoms with Gasteiger partial charge in [0.1, 0.15) is 24.0 Å². The molecule has 0 aliphatic carbocycles. The van der Waals surface area contributed by atoms with Gasteiger partial charge in [-0.05, 0) is 79.3 Å². The van der Waals surface area contributed by atoms with Crippen LogP contribution in [0.2, 0.25) is 0 Å². The van der Waals surface area contributed by atoms with E-state index in [0.717, 1.165) is 54.8 Å². The van der Waals surface area contributed by atoms with Crippen molar-refractivity contribution < 1.29 is 13.9 Å². The van der Waals surface area contributed by atoms with E-state index >= 15 is 0 Å². The summed E-state index contributed by atoms with van der Waals surface area (Å²) < 4.78 is 21.6. The molecule has 3 aromatic carbocycles. The summed E-state index contributed by atoms with van der Waals surface area (Å²) in [5.74, 6) is 1.92. The van der Waals surface area contributed by atoms with Gasteiger partial charge in [-0.3, -0.25) is 4.79 Å². The average molecular weight is 502 g/mol. The Labute approximate surface area is 218 Å². The summed E-state index contributed by atoms with van der Waals surface area (Å²) in [7, 11) is 0. The first-order valence-corrected chi connectivity index (χ1v) is 13.1. The van der Waals surface area contributed by atoms with E-state index in [1.54, 1.807) is 0 Å². The lowest BCUT2D eigenvalue weighted by Gasteiger charge is -2.16. The molecule has 194 valence electrons. The number of para-hydroxylation sites is 2. The van der Waals surface area contributed by atoms with Gasteiger partial charge in [0.15, 0.2) is 0 Å². The Balaban J connectivity index is 1.31. The van der Waals surface area contributed by atoms with Gasteiger partial charge in [0.25, 0.3) is 5.91 Å². The van der Waals surface area contributed by atoms with Crippen LogP contribution in [0.1, 0.15) is 66.3 Å². The number of aromatic nitrogens is 2. The molecule has 0 saturated heterocycles. The van der Waals surface area contributed by atoms with Crippen molar-refractivity contribution in [3.05, 3.63) is 95.1 Å². The van der Waals surface area contributed by atoms with Crippen molar-refractivity contribution in [3.8, 4) is 5.75 Å². The van der Waals surface area contributed by atoms with Gasteiger partial charge in [0.05, 0.1) is 17.6 Å². The van der Waals surface area contributed by atoms with E-state index < -0.39 is 0 Å². The minimum Gasteiger partial charge on any atom is -0.491 e. The number of hydrogen-bond acceptors (Lipinski definition) is 3. The molecule has 0 atom stereocenters. The zero-order valence-electron chi connectivity index (χ0n) is 22.0. The number of nitrogens with zero attached hydrogens (tertiary/aromatic N) is 2. The predicted molar refractivity (Wildman–Crippen MR) is 147 cm³/mol. The summed E-state index contributed by atoms with van der Waals surface area (Å²) in [4.78, 5) is 17.1. The van der Waals surface area contributed by atoms with Gasteiger partial charge in [-0.25, -0.2) is 9.37 Å². The molecular weight excluding hydrogens is 465 g/mol. The molecule has 5 nitrogen and oxygen atoms in total. The van der Waals surface area contributed by atoms with Crippen LogP contribution in [0, 0.1) is 12.7 Å². The summed E-state index contributed by atoms with van der Waals surface area (Å²) >= 11 is 0. The van der Waals surface area contributed by atoms with E-state index in [1.807, 2.05) is 12.1 Å². The summed E-state index contributed by atoms with van der Waals surface area (Å²) in [6.45, 7) is 8.36. The Morgan fingerprint density at radius 1 is 1.03 bits per heavy atom. The highest BCUT2D eigenvalue weighted by molar-refractivity contribution is 5.94. The van der Waals surface area contributed by atoms with Gasteiger partial charge in [-0.15, -0.1) is 0 Å². The minimum atomic E-state index is -0.343. The molecule has 1 aromatic heterocycles. The molecule has 0 unspecified atom stereocenters. The van der Waals surface area contributed by atoms with Crippen LogP contribution < -0.4 is 10.1 Å². The van der Waals surface area contributed by atoms with Crippen molar-refractivity contribution in [2.75, 3.05) is 13.2 Å². The molecular formula is C31H36FN3O2. The number of carbonyl (C=O) groups excluding carboxylic acids is 1. The summed E-state index contributed by atoms with van der Waals surface area (Å²) in [5.41, 5.74) is 5.03. The van der Waals surface area contributed by atoms with Crippen molar-refractivity contribution in [1.29, 1.82) is 0 Å². The highest BCUT2D eigenvalue weighted by Crippen LogP contribution is 2.28. The molecule has 4 aromatic rings. The minimum absolute atomic E-state index is 0.170. The Kier molecular flexibility index (Phi) is 8.94. The Hall–Kier alpha value is -3.67. The second-order valence-electron chi connectivity index (χ2n) is 9.79. The van der Waals surface area contributed by atoms with Gasteiger partial charge in [0.2, 0.25) is 0 Å². The molecule has 0 saturated carbocycles. The number of ether oxygens (including phenoxy) is 1. The van der Waals surface area contributed by atoms with Crippen LogP contribution in [0.15, 0.2) is 66.7 Å². The van der Waals surface area contributed by atoms with Crippen molar-refractivity contribution in [1.82, 2.24) is 14.9 Å². The standard InChI is InChI=1S/C31H36FN3O2/c1-22(2)26-17-12-23(3)21-29(26)37-20-19-35-28-10-7-6-9-27(28)34-30(35)11-5-4-8-18-33-31(36)24-13-15-25(32)16-14-24/h6-7,9-10,12-17,21-22H,4-5,8,11,18-20H2,1-3H3,(H,33,36). The molecule has 0 spiro atoms.